The molecule has 0 heterocycles. The Balaban J connectivity index is 2.27. The summed E-state index contributed by atoms with van der Waals surface area (Å²) in [6.07, 6.45) is -2.35. The van der Waals surface area contributed by atoms with Crippen LogP contribution in [-0.2, 0) is 25.5 Å². The van der Waals surface area contributed by atoms with Crippen LogP contribution in [0.15, 0.2) is 48.5 Å². The van der Waals surface area contributed by atoms with Crippen LogP contribution in [-0.4, -0.2) is 40.8 Å². The van der Waals surface area contributed by atoms with Crippen LogP contribution >= 0.6 is 0 Å². The van der Waals surface area contributed by atoms with Crippen molar-refractivity contribution in [3.63, 3.8) is 0 Å². The number of ether oxygens (including phenoxy) is 4. The summed E-state index contributed by atoms with van der Waals surface area (Å²) >= 11 is 0. The third-order valence-electron chi connectivity index (χ3n) is 7.01. The topological polar surface area (TPSA) is 151 Å². The van der Waals surface area contributed by atoms with Crippen molar-refractivity contribution >= 4 is 24.1 Å². The predicted octanol–water partition coefficient (Wildman–Crippen LogP) is 5.40. The molecule has 3 unspecified atom stereocenters. The Bertz CT molecular complexity index is 1210. The summed E-state index contributed by atoms with van der Waals surface area (Å²) < 4.78 is 21.5. The summed E-state index contributed by atoms with van der Waals surface area (Å²) in [6, 6.07) is 12.7. The molecule has 0 aliphatic carbocycles. The zero-order valence-electron chi connectivity index (χ0n) is 24.7. The molecule has 0 amide bonds. The van der Waals surface area contributed by atoms with Gasteiger partial charge in [0, 0.05) is 12.8 Å². The molecule has 0 fully saturated rings. The van der Waals surface area contributed by atoms with Crippen LogP contribution in [0.5, 0.6) is 17.2 Å². The highest BCUT2D eigenvalue weighted by atomic mass is 16.7. The van der Waals surface area contributed by atoms with Crippen molar-refractivity contribution in [1.29, 1.82) is 0 Å². The summed E-state index contributed by atoms with van der Waals surface area (Å²) in [7, 11) is 0. The molecule has 224 valence electrons. The lowest BCUT2D eigenvalue weighted by molar-refractivity contribution is -0.144. The molecule has 0 saturated heterocycles. The molecule has 0 aliphatic rings. The molecule has 2 rings (SSSR count). The second-order valence-electron chi connectivity index (χ2n) is 11.1. The zero-order chi connectivity index (χ0) is 30.9. The molecule has 4 atom stereocenters. The number of carboxylic acid groups (broad SMARTS) is 1. The Hall–Kier alpha value is -3.92. The maximum Gasteiger partial charge on any atom is 0.514 e. The van der Waals surface area contributed by atoms with Crippen LogP contribution in [0, 0.1) is 23.7 Å². The lowest BCUT2D eigenvalue weighted by Crippen LogP contribution is -2.52. The maximum absolute atomic E-state index is 12.8. The van der Waals surface area contributed by atoms with Crippen molar-refractivity contribution in [1.82, 2.24) is 0 Å². The van der Waals surface area contributed by atoms with E-state index < -0.39 is 47.5 Å². The van der Waals surface area contributed by atoms with Gasteiger partial charge in [-0.2, -0.15) is 0 Å². The van der Waals surface area contributed by atoms with E-state index in [9.17, 15) is 24.3 Å². The first-order chi connectivity index (χ1) is 19.1. The number of carbonyl (C=O) groups is 4. The van der Waals surface area contributed by atoms with Crippen LogP contribution in [0.3, 0.4) is 0 Å². The van der Waals surface area contributed by atoms with Gasteiger partial charge in [0.15, 0.2) is 11.5 Å². The van der Waals surface area contributed by atoms with E-state index >= 15 is 0 Å². The Morgan fingerprint density at radius 2 is 1.32 bits per heavy atom. The van der Waals surface area contributed by atoms with E-state index in [1.165, 1.54) is 19.1 Å². The van der Waals surface area contributed by atoms with Gasteiger partial charge in [-0.1, -0.05) is 65.8 Å². The second kappa shape index (κ2) is 14.6. The van der Waals surface area contributed by atoms with Crippen LogP contribution in [0.1, 0.15) is 60.5 Å². The fourth-order valence-electron chi connectivity index (χ4n) is 3.70. The minimum absolute atomic E-state index is 0.00332. The van der Waals surface area contributed by atoms with Gasteiger partial charge in [0.05, 0.1) is 11.8 Å². The largest absolute Gasteiger partial charge is 0.514 e. The van der Waals surface area contributed by atoms with Crippen LogP contribution in [0.25, 0.3) is 0 Å². The number of esters is 2. The number of para-hydroxylation sites is 1. The first-order valence-corrected chi connectivity index (χ1v) is 13.6. The molecule has 10 heteroatoms. The minimum atomic E-state index is -1.86. The van der Waals surface area contributed by atoms with Crippen LogP contribution in [0.2, 0.25) is 0 Å². The molecule has 2 aromatic rings. The first-order valence-electron chi connectivity index (χ1n) is 13.6. The van der Waals surface area contributed by atoms with Crippen molar-refractivity contribution in [2.45, 2.75) is 73.0 Å². The molecule has 0 aliphatic heterocycles. The van der Waals surface area contributed by atoms with Gasteiger partial charge in [-0.15, -0.1) is 0 Å². The molecular formula is C31H41NO9. The Labute approximate surface area is 241 Å². The number of hydrogen-bond donors (Lipinski definition) is 2. The maximum atomic E-state index is 12.8. The molecule has 3 N–H and O–H groups in total. The minimum Gasteiger partial charge on any atom is -0.480 e. The normalized spacial score (nSPS) is 14.9. The highest BCUT2D eigenvalue weighted by Crippen LogP contribution is 2.33. The van der Waals surface area contributed by atoms with Gasteiger partial charge in [0.1, 0.15) is 17.4 Å². The quantitative estimate of drug-likeness (QED) is 0.182. The molecular weight excluding hydrogens is 530 g/mol. The second-order valence-corrected chi connectivity index (χ2v) is 11.1. The third kappa shape index (κ3) is 9.89. The third-order valence-corrected chi connectivity index (χ3v) is 7.01. The summed E-state index contributed by atoms with van der Waals surface area (Å²) in [4.78, 5) is 49.9. The highest BCUT2D eigenvalue weighted by Gasteiger charge is 2.37. The number of aliphatic carboxylic acids is 1. The lowest BCUT2D eigenvalue weighted by Gasteiger charge is -2.28. The van der Waals surface area contributed by atoms with Crippen molar-refractivity contribution in [2.75, 3.05) is 0 Å². The molecule has 0 saturated carbocycles. The van der Waals surface area contributed by atoms with Crippen molar-refractivity contribution in [2.24, 2.45) is 29.4 Å². The molecule has 0 spiro atoms. The number of nitrogens with two attached hydrogens (primary N) is 1. The van der Waals surface area contributed by atoms with Gasteiger partial charge in [0.25, 0.3) is 0 Å². The Morgan fingerprint density at radius 1 is 0.780 bits per heavy atom. The van der Waals surface area contributed by atoms with Crippen LogP contribution in [0.4, 0.5) is 4.79 Å². The summed E-state index contributed by atoms with van der Waals surface area (Å²) in [5, 5.41) is 10.00. The van der Waals surface area contributed by atoms with Crippen molar-refractivity contribution in [3.8, 4) is 17.2 Å². The number of benzene rings is 2. The summed E-state index contributed by atoms with van der Waals surface area (Å²) in [6.45, 7) is 12.5. The standard InChI is InChI=1S/C31H41NO9/c1-18(2)21(6)27(33)40-25-14-13-23(15-26(25)41-28(34)22(7)19(3)4)17-31(32,29(35)36)16-20(5)38-30(37)39-24-11-9-8-10-12-24/h8-15,18-22H,16-17,32H2,1-7H3,(H,35,36)/t20-,21?,22?,31?/m0/s1. The zero-order valence-corrected chi connectivity index (χ0v) is 24.7. The SMILES string of the molecule is CC(C)C(C)C(=O)Oc1ccc(CC(N)(C[C@H](C)OC(=O)Oc2ccccc2)C(=O)O)cc1OC(=O)C(C)C(C)C. The van der Waals surface area contributed by atoms with Gasteiger partial charge in [-0.05, 0) is 48.6 Å². The first kappa shape index (κ1) is 33.3. The average molecular weight is 572 g/mol. The molecule has 10 nitrogen and oxygen atoms in total. The Kier molecular flexibility index (Phi) is 11.9. The molecule has 0 radical (unpaired) electrons. The van der Waals surface area contributed by atoms with E-state index in [-0.39, 0.29) is 41.9 Å². The van der Waals surface area contributed by atoms with Crippen LogP contribution < -0.4 is 19.9 Å². The van der Waals surface area contributed by atoms with Gasteiger partial charge in [-0.3, -0.25) is 14.4 Å². The van der Waals surface area contributed by atoms with Crippen molar-refractivity contribution in [3.05, 3.63) is 54.1 Å². The predicted molar refractivity (Wildman–Crippen MR) is 152 cm³/mol. The lowest BCUT2D eigenvalue weighted by atomic mass is 9.86. The molecule has 0 aromatic heterocycles. The van der Waals surface area contributed by atoms with E-state index in [0.29, 0.717) is 5.56 Å². The van der Waals surface area contributed by atoms with E-state index in [0.717, 1.165) is 0 Å². The number of carbonyl (C=O) groups excluding carboxylic acids is 3. The van der Waals surface area contributed by atoms with Crippen molar-refractivity contribution < 1.29 is 43.2 Å². The summed E-state index contributed by atoms with van der Waals surface area (Å²) in [5.74, 6) is -2.88. The number of carboxylic acids is 1. The monoisotopic (exact) mass is 571 g/mol. The fraction of sp³-hybridized carbons (Fsp3) is 0.484. The summed E-state index contributed by atoms with van der Waals surface area (Å²) in [5.41, 5.74) is 4.86. The highest BCUT2D eigenvalue weighted by molar-refractivity contribution is 5.80. The van der Waals surface area contributed by atoms with E-state index in [2.05, 4.69) is 0 Å². The number of hydrogen-bond acceptors (Lipinski definition) is 9. The van der Waals surface area contributed by atoms with Gasteiger partial charge in [0.2, 0.25) is 0 Å². The average Bonchev–Trinajstić information content (AvgIpc) is 2.89. The number of rotatable bonds is 13. The fourth-order valence-corrected chi connectivity index (χ4v) is 3.70. The van der Waals surface area contributed by atoms with Gasteiger partial charge in [-0.25, -0.2) is 4.79 Å². The molecule has 0 bridgehead atoms. The molecule has 41 heavy (non-hydrogen) atoms. The Morgan fingerprint density at radius 3 is 1.83 bits per heavy atom. The van der Waals surface area contributed by atoms with Gasteiger partial charge < -0.3 is 29.8 Å². The van der Waals surface area contributed by atoms with E-state index in [4.69, 9.17) is 24.7 Å². The smallest absolute Gasteiger partial charge is 0.480 e. The molecule has 2 aromatic carbocycles. The van der Waals surface area contributed by atoms with Gasteiger partial charge >= 0.3 is 24.1 Å². The van der Waals surface area contributed by atoms with E-state index in [1.54, 1.807) is 50.2 Å². The van der Waals surface area contributed by atoms with E-state index in [1.807, 2.05) is 27.7 Å².